The zero-order chi connectivity index (χ0) is 13.9. The van der Waals surface area contributed by atoms with Crippen molar-refractivity contribution in [2.45, 2.75) is 32.6 Å². The summed E-state index contributed by atoms with van der Waals surface area (Å²) in [5.74, 6) is 0.605. The van der Waals surface area contributed by atoms with Crippen molar-refractivity contribution in [1.29, 1.82) is 0 Å². The van der Waals surface area contributed by atoms with Gasteiger partial charge in [0.05, 0.1) is 12.0 Å². The van der Waals surface area contributed by atoms with E-state index in [4.69, 9.17) is 16.3 Å². The van der Waals surface area contributed by atoms with Crippen molar-refractivity contribution in [3.8, 4) is 5.75 Å². The summed E-state index contributed by atoms with van der Waals surface area (Å²) in [4.78, 5) is 10.6. The van der Waals surface area contributed by atoms with Crippen LogP contribution >= 0.6 is 11.6 Å². The number of ether oxygens (including phenoxy) is 1. The van der Waals surface area contributed by atoms with Crippen LogP contribution in [0.1, 0.15) is 26.3 Å². The number of hydrogen-bond acceptors (Lipinski definition) is 3. The van der Waals surface area contributed by atoms with Crippen molar-refractivity contribution in [3.05, 3.63) is 33.9 Å². The molecule has 100 valence electrons. The smallest absolute Gasteiger partial charge is 0.272 e. The van der Waals surface area contributed by atoms with Gasteiger partial charge in [0.1, 0.15) is 5.75 Å². The van der Waals surface area contributed by atoms with Gasteiger partial charge in [0.25, 0.3) is 5.69 Å². The molecule has 0 fully saturated rings. The van der Waals surface area contributed by atoms with Gasteiger partial charge < -0.3 is 4.74 Å². The summed E-state index contributed by atoms with van der Waals surface area (Å²) >= 11 is 6.30. The molecule has 1 aromatic rings. The van der Waals surface area contributed by atoms with Crippen LogP contribution in [0, 0.1) is 15.5 Å². The lowest BCUT2D eigenvalue weighted by atomic mass is 9.87. The van der Waals surface area contributed by atoms with E-state index in [0.29, 0.717) is 17.7 Å². The number of nitrogens with zero attached hydrogens (tertiary/aromatic N) is 1. The third kappa shape index (κ3) is 3.60. The summed E-state index contributed by atoms with van der Waals surface area (Å²) < 4.78 is 5.09. The van der Waals surface area contributed by atoms with Crippen molar-refractivity contribution < 1.29 is 9.66 Å². The third-order valence-corrected chi connectivity index (χ3v) is 3.63. The summed E-state index contributed by atoms with van der Waals surface area (Å²) in [6, 6.07) is 4.72. The zero-order valence-electron chi connectivity index (χ0n) is 11.1. The minimum Gasteiger partial charge on any atom is -0.497 e. The Hall–Kier alpha value is -1.29. The van der Waals surface area contributed by atoms with Gasteiger partial charge in [-0.15, -0.1) is 11.6 Å². The highest BCUT2D eigenvalue weighted by Crippen LogP contribution is 2.32. The van der Waals surface area contributed by atoms with Gasteiger partial charge in [-0.25, -0.2) is 0 Å². The van der Waals surface area contributed by atoms with E-state index in [1.54, 1.807) is 12.1 Å². The number of alkyl halides is 1. The van der Waals surface area contributed by atoms with Gasteiger partial charge in [0.15, 0.2) is 0 Å². The highest BCUT2D eigenvalue weighted by atomic mass is 35.5. The summed E-state index contributed by atoms with van der Waals surface area (Å²) in [6.45, 7) is 6.03. The first kappa shape index (κ1) is 14.8. The maximum absolute atomic E-state index is 11.0. The van der Waals surface area contributed by atoms with E-state index in [1.807, 2.05) is 20.8 Å². The monoisotopic (exact) mass is 271 g/mol. The first-order valence-electron chi connectivity index (χ1n) is 5.71. The molecule has 0 aliphatic rings. The molecule has 0 saturated heterocycles. The van der Waals surface area contributed by atoms with Crippen molar-refractivity contribution in [2.24, 2.45) is 5.41 Å². The Labute approximate surface area is 112 Å². The molecule has 4 nitrogen and oxygen atoms in total. The van der Waals surface area contributed by atoms with Crippen LogP contribution in [0.15, 0.2) is 18.2 Å². The molecule has 0 amide bonds. The van der Waals surface area contributed by atoms with Crippen molar-refractivity contribution in [1.82, 2.24) is 0 Å². The summed E-state index contributed by atoms with van der Waals surface area (Å²) in [5, 5.41) is 10.8. The van der Waals surface area contributed by atoms with Gasteiger partial charge in [-0.3, -0.25) is 10.1 Å². The normalized spacial score (nSPS) is 13.2. The maximum atomic E-state index is 11.0. The fourth-order valence-electron chi connectivity index (χ4n) is 1.53. The summed E-state index contributed by atoms with van der Waals surface area (Å²) in [7, 11) is 1.53. The molecule has 0 aromatic heterocycles. The van der Waals surface area contributed by atoms with Gasteiger partial charge in [0, 0.05) is 17.0 Å². The van der Waals surface area contributed by atoms with Gasteiger partial charge in [-0.2, -0.15) is 0 Å². The summed E-state index contributed by atoms with van der Waals surface area (Å²) in [6.07, 6.45) is 0.443. The van der Waals surface area contributed by atoms with E-state index < -0.39 is 0 Å². The predicted octanol–water partition coefficient (Wildman–Crippen LogP) is 3.80. The van der Waals surface area contributed by atoms with Crippen LogP contribution in [0.4, 0.5) is 5.69 Å². The number of rotatable bonds is 4. The summed E-state index contributed by atoms with van der Waals surface area (Å²) in [5.41, 5.74) is 0.582. The van der Waals surface area contributed by atoms with Crippen LogP contribution in [0.5, 0.6) is 5.75 Å². The molecule has 1 unspecified atom stereocenters. The Morgan fingerprint density at radius 2 is 2.06 bits per heavy atom. The Kier molecular flexibility index (Phi) is 4.57. The third-order valence-electron chi connectivity index (χ3n) is 2.82. The molecule has 0 saturated carbocycles. The molecule has 18 heavy (non-hydrogen) atoms. The quantitative estimate of drug-likeness (QED) is 0.475. The lowest BCUT2D eigenvalue weighted by Crippen LogP contribution is -2.23. The van der Waals surface area contributed by atoms with Gasteiger partial charge >= 0.3 is 0 Å². The van der Waals surface area contributed by atoms with E-state index in [2.05, 4.69) is 0 Å². The largest absolute Gasteiger partial charge is 0.497 e. The second kappa shape index (κ2) is 5.57. The number of nitro groups is 1. The lowest BCUT2D eigenvalue weighted by Gasteiger charge is -2.25. The second-order valence-corrected chi connectivity index (χ2v) is 5.82. The molecule has 1 aromatic carbocycles. The number of halogens is 1. The number of methoxy groups -OCH3 is 1. The molecule has 0 N–H and O–H groups in total. The van der Waals surface area contributed by atoms with E-state index in [1.165, 1.54) is 13.2 Å². The van der Waals surface area contributed by atoms with Crippen LogP contribution < -0.4 is 4.74 Å². The molecule has 5 heteroatoms. The first-order valence-corrected chi connectivity index (χ1v) is 6.14. The SMILES string of the molecule is COc1ccc([N+](=O)[O-])c(CC(Cl)C(C)(C)C)c1. The first-order chi connectivity index (χ1) is 8.25. The van der Waals surface area contributed by atoms with Crippen LogP contribution in [0.25, 0.3) is 0 Å². The Morgan fingerprint density at radius 3 is 2.50 bits per heavy atom. The standard InChI is InChI=1S/C13H18ClNO3/c1-13(2,3)12(14)8-9-7-10(18-4)5-6-11(9)15(16)17/h5-7,12H,8H2,1-4H3. The minimum absolute atomic E-state index is 0.0886. The van der Waals surface area contributed by atoms with Gasteiger partial charge in [-0.1, -0.05) is 20.8 Å². The molecular formula is C13H18ClNO3. The van der Waals surface area contributed by atoms with Crippen molar-refractivity contribution in [3.63, 3.8) is 0 Å². The van der Waals surface area contributed by atoms with Crippen LogP contribution in [0.3, 0.4) is 0 Å². The predicted molar refractivity (Wildman–Crippen MR) is 72.4 cm³/mol. The minimum atomic E-state index is -0.388. The average Bonchev–Trinajstić information content (AvgIpc) is 2.27. The van der Waals surface area contributed by atoms with E-state index in [0.717, 1.165) is 0 Å². The van der Waals surface area contributed by atoms with Crippen LogP contribution in [-0.2, 0) is 6.42 Å². The maximum Gasteiger partial charge on any atom is 0.272 e. The Morgan fingerprint density at radius 1 is 1.44 bits per heavy atom. The van der Waals surface area contributed by atoms with Crippen molar-refractivity contribution in [2.75, 3.05) is 7.11 Å². The lowest BCUT2D eigenvalue weighted by molar-refractivity contribution is -0.385. The molecule has 0 spiro atoms. The molecule has 0 heterocycles. The Balaban J connectivity index is 3.08. The highest BCUT2D eigenvalue weighted by molar-refractivity contribution is 6.21. The zero-order valence-corrected chi connectivity index (χ0v) is 11.8. The highest BCUT2D eigenvalue weighted by Gasteiger charge is 2.26. The van der Waals surface area contributed by atoms with E-state index >= 15 is 0 Å². The molecule has 0 aliphatic carbocycles. The number of nitro benzene ring substituents is 1. The molecule has 1 rings (SSSR count). The topological polar surface area (TPSA) is 52.4 Å². The van der Waals surface area contributed by atoms with Crippen LogP contribution in [-0.4, -0.2) is 17.4 Å². The second-order valence-electron chi connectivity index (χ2n) is 5.29. The average molecular weight is 272 g/mol. The number of hydrogen-bond donors (Lipinski definition) is 0. The van der Waals surface area contributed by atoms with E-state index in [9.17, 15) is 10.1 Å². The fraction of sp³-hybridized carbons (Fsp3) is 0.538. The fourth-order valence-corrected chi connectivity index (χ4v) is 1.70. The van der Waals surface area contributed by atoms with Gasteiger partial charge in [0.2, 0.25) is 0 Å². The van der Waals surface area contributed by atoms with Crippen LogP contribution in [0.2, 0.25) is 0 Å². The van der Waals surface area contributed by atoms with Crippen molar-refractivity contribution >= 4 is 17.3 Å². The van der Waals surface area contributed by atoms with E-state index in [-0.39, 0.29) is 21.4 Å². The molecular weight excluding hydrogens is 254 g/mol. The van der Waals surface area contributed by atoms with Gasteiger partial charge in [-0.05, 0) is 24.0 Å². The molecule has 0 aliphatic heterocycles. The number of benzene rings is 1. The molecule has 0 bridgehead atoms. The molecule has 1 atom stereocenters. The molecule has 0 radical (unpaired) electrons. The Bertz CT molecular complexity index is 440.